The van der Waals surface area contributed by atoms with Crippen LogP contribution in [0.4, 0.5) is 5.69 Å². The maximum absolute atomic E-state index is 14.7. The fourth-order valence-electron chi connectivity index (χ4n) is 6.23. The zero-order valence-electron chi connectivity index (χ0n) is 22.6. The number of hydrogen-bond acceptors (Lipinski definition) is 4. The van der Waals surface area contributed by atoms with E-state index >= 15 is 0 Å². The van der Waals surface area contributed by atoms with Crippen molar-refractivity contribution in [1.82, 2.24) is 5.32 Å². The summed E-state index contributed by atoms with van der Waals surface area (Å²) in [5, 5.41) is 4.57. The minimum Gasteiger partial charge on any atom is -0.457 e. The van der Waals surface area contributed by atoms with E-state index in [1.807, 2.05) is 24.3 Å². The molecule has 2 heterocycles. The molecule has 0 bridgehead atoms. The number of ether oxygens (including phenoxy) is 1. The van der Waals surface area contributed by atoms with Crippen molar-refractivity contribution in [1.29, 1.82) is 0 Å². The van der Waals surface area contributed by atoms with E-state index in [1.54, 1.807) is 78.9 Å². The van der Waals surface area contributed by atoms with Crippen molar-refractivity contribution in [2.75, 3.05) is 18.2 Å². The highest BCUT2D eigenvalue weighted by molar-refractivity contribution is 7.90. The fourth-order valence-corrected chi connectivity index (χ4v) is 7.30. The van der Waals surface area contributed by atoms with Gasteiger partial charge in [-0.3, -0.25) is 9.59 Å². The Labute approximate surface area is 261 Å². The third kappa shape index (κ3) is 4.83. The molecule has 214 valence electrons. The first-order valence-corrected chi connectivity index (χ1v) is 15.9. The second-order valence-electron chi connectivity index (χ2n) is 10.4. The van der Waals surface area contributed by atoms with Gasteiger partial charge >= 0.3 is 0 Å². The van der Waals surface area contributed by atoms with Gasteiger partial charge in [0.05, 0.1) is 6.04 Å². The lowest BCUT2D eigenvalue weighted by Gasteiger charge is -2.47. The van der Waals surface area contributed by atoms with Crippen molar-refractivity contribution in [2.24, 2.45) is 0 Å². The molecule has 0 radical (unpaired) electrons. The van der Waals surface area contributed by atoms with E-state index < -0.39 is 28.6 Å². The highest BCUT2D eigenvalue weighted by atomic mass is 35.5. The van der Waals surface area contributed by atoms with Crippen LogP contribution in [-0.4, -0.2) is 29.7 Å². The van der Waals surface area contributed by atoms with Crippen LogP contribution in [-0.2, 0) is 26.2 Å². The molecule has 10 heteroatoms. The van der Waals surface area contributed by atoms with Crippen LogP contribution in [0, 0.1) is 0 Å². The Bertz CT molecular complexity index is 1710. The number of carbonyl (C=O) groups is 2. The van der Waals surface area contributed by atoms with Gasteiger partial charge < -0.3 is 15.0 Å². The quantitative estimate of drug-likeness (QED) is 0.219. The number of carbonyl (C=O) groups excluding carboxylic acids is 2. The molecule has 4 aromatic carbocycles. The molecule has 1 saturated heterocycles. The minimum atomic E-state index is -1.27. The summed E-state index contributed by atoms with van der Waals surface area (Å²) in [6.07, 6.45) is 1.78. The number of halogens is 3. The summed E-state index contributed by atoms with van der Waals surface area (Å²) in [5.74, 6) is -0.0200. The monoisotopic (exact) mass is 639 g/mol. The number of anilines is 1. The Morgan fingerprint density at radius 2 is 1.62 bits per heavy atom. The first kappa shape index (κ1) is 28.9. The minimum absolute atomic E-state index is 0.0663. The van der Waals surface area contributed by atoms with Gasteiger partial charge in [-0.15, -0.1) is 0 Å². The van der Waals surface area contributed by atoms with Crippen molar-refractivity contribution < 1.29 is 18.9 Å². The van der Waals surface area contributed by atoms with Crippen LogP contribution in [0.25, 0.3) is 0 Å². The molecule has 6 rings (SSSR count). The molecule has 2 amide bonds. The number of nitrogens with one attached hydrogen (secondary N) is 1. The van der Waals surface area contributed by atoms with Gasteiger partial charge in [-0.2, -0.15) is 4.55 Å². The molecule has 2 aliphatic rings. The summed E-state index contributed by atoms with van der Waals surface area (Å²) in [6.45, 7) is 0. The first-order valence-electron chi connectivity index (χ1n) is 13.1. The summed E-state index contributed by atoms with van der Waals surface area (Å²) in [5.41, 5.74) is 1.45. The fraction of sp³-hybridized carbons (Fsp3) is 0.188. The van der Waals surface area contributed by atoms with Gasteiger partial charge in [0.1, 0.15) is 23.2 Å². The van der Waals surface area contributed by atoms with E-state index in [9.17, 15) is 14.1 Å². The number of hydrogen-bond donors (Lipinski definition) is 2. The second-order valence-corrected chi connectivity index (χ2v) is 13.2. The SMILES string of the molecule is CN1C(=O)[C@]2(c3ccc(Cl)cc31)[C@@H](c1cc(Cl)ccc1Oc1ccc([S+](C)O)cc1)NC(=O)C[C@H]2c1cccc(Cl)c1. The van der Waals surface area contributed by atoms with Crippen LogP contribution in [0.2, 0.25) is 15.1 Å². The summed E-state index contributed by atoms with van der Waals surface area (Å²) in [6, 6.07) is 24.1. The van der Waals surface area contributed by atoms with Crippen LogP contribution in [0.5, 0.6) is 11.5 Å². The second kappa shape index (κ2) is 11.1. The molecule has 1 spiro atoms. The molecule has 1 unspecified atom stereocenters. The topological polar surface area (TPSA) is 78.9 Å². The zero-order valence-corrected chi connectivity index (χ0v) is 25.7. The first-order chi connectivity index (χ1) is 20.1. The number of likely N-dealkylation sites (N-methyl/N-ethyl adjacent to an activating group) is 1. The van der Waals surface area contributed by atoms with Gasteiger partial charge in [0.15, 0.2) is 16.1 Å². The Kier molecular flexibility index (Phi) is 7.66. The molecule has 0 saturated carbocycles. The van der Waals surface area contributed by atoms with E-state index in [4.69, 9.17) is 39.5 Å². The highest BCUT2D eigenvalue weighted by Crippen LogP contribution is 2.60. The number of rotatable bonds is 5. The standard InChI is InChI=1S/C32H25Cl3N2O4S/c1-37-27-16-21(35)6-12-25(27)32(31(37)39)26(18-4-3-5-19(33)14-18)17-29(38)36-30(32)24-15-20(34)7-13-28(24)41-22-8-10-23(11-9-22)42(2)40/h3-16,26,30,40H,17H2,1-2H3/p+1/t26-,30+,32-,42?/m0/s1. The summed E-state index contributed by atoms with van der Waals surface area (Å²) in [7, 11) is 1.72. The average Bonchev–Trinajstić information content (AvgIpc) is 3.17. The Morgan fingerprint density at radius 1 is 0.929 bits per heavy atom. The number of nitrogens with zero attached hydrogens (tertiary/aromatic N) is 1. The van der Waals surface area contributed by atoms with Crippen molar-refractivity contribution >= 4 is 63.5 Å². The van der Waals surface area contributed by atoms with Gasteiger partial charge in [0.2, 0.25) is 11.8 Å². The van der Waals surface area contributed by atoms with Crippen LogP contribution in [0.15, 0.2) is 89.8 Å². The number of fused-ring (bicyclic) bond motifs is 2. The number of piperidine rings is 1. The zero-order chi connectivity index (χ0) is 29.8. The molecular formula is C32H26Cl3N2O4S+. The normalized spacial score (nSPS) is 22.2. The molecule has 0 aliphatic carbocycles. The van der Waals surface area contributed by atoms with E-state index in [2.05, 4.69) is 5.32 Å². The molecule has 4 aromatic rings. The lowest BCUT2D eigenvalue weighted by Crippen LogP contribution is -2.57. The molecule has 0 aromatic heterocycles. The number of amides is 2. The van der Waals surface area contributed by atoms with E-state index in [0.29, 0.717) is 37.8 Å². The van der Waals surface area contributed by atoms with Gasteiger partial charge in [0, 0.05) is 57.8 Å². The summed E-state index contributed by atoms with van der Waals surface area (Å²) >= 11 is 18.5. The summed E-state index contributed by atoms with van der Waals surface area (Å²) < 4.78 is 16.3. The van der Waals surface area contributed by atoms with Crippen molar-refractivity contribution in [3.8, 4) is 11.5 Å². The van der Waals surface area contributed by atoms with Crippen molar-refractivity contribution in [2.45, 2.75) is 28.7 Å². The van der Waals surface area contributed by atoms with Crippen LogP contribution in [0.1, 0.15) is 35.1 Å². The molecule has 2 aliphatic heterocycles. The smallest absolute Gasteiger partial charge is 0.240 e. The van der Waals surface area contributed by atoms with Gasteiger partial charge in [-0.25, -0.2) is 0 Å². The van der Waals surface area contributed by atoms with E-state index in [-0.39, 0.29) is 18.2 Å². The molecular weight excluding hydrogens is 615 g/mol. The molecule has 4 atom stereocenters. The molecule has 1 fully saturated rings. The number of benzene rings is 4. The highest BCUT2D eigenvalue weighted by Gasteiger charge is 2.63. The van der Waals surface area contributed by atoms with E-state index in [0.717, 1.165) is 16.0 Å². The van der Waals surface area contributed by atoms with Crippen LogP contribution < -0.4 is 15.0 Å². The largest absolute Gasteiger partial charge is 0.457 e. The van der Waals surface area contributed by atoms with Crippen molar-refractivity contribution in [3.05, 3.63) is 117 Å². The summed E-state index contributed by atoms with van der Waals surface area (Å²) in [4.78, 5) is 30.5. The van der Waals surface area contributed by atoms with Gasteiger partial charge in [-0.05, 0) is 65.7 Å². The molecule has 2 N–H and O–H groups in total. The van der Waals surface area contributed by atoms with Crippen LogP contribution >= 0.6 is 34.8 Å². The molecule has 6 nitrogen and oxygen atoms in total. The predicted octanol–water partition coefficient (Wildman–Crippen LogP) is 7.78. The van der Waals surface area contributed by atoms with E-state index in [1.165, 1.54) is 0 Å². The Morgan fingerprint density at radius 3 is 2.33 bits per heavy atom. The van der Waals surface area contributed by atoms with Crippen LogP contribution in [0.3, 0.4) is 0 Å². The van der Waals surface area contributed by atoms with Gasteiger partial charge in [-0.1, -0.05) is 53.0 Å². The third-order valence-electron chi connectivity index (χ3n) is 8.05. The third-order valence-corrected chi connectivity index (χ3v) is 9.71. The predicted molar refractivity (Wildman–Crippen MR) is 168 cm³/mol. The lowest BCUT2D eigenvalue weighted by atomic mass is 9.59. The lowest BCUT2D eigenvalue weighted by molar-refractivity contribution is -0.132. The Hall–Kier alpha value is -3.20. The Balaban J connectivity index is 1.58. The average molecular weight is 641 g/mol. The maximum atomic E-state index is 14.7. The molecule has 42 heavy (non-hydrogen) atoms. The van der Waals surface area contributed by atoms with Gasteiger partial charge in [0.25, 0.3) is 0 Å². The van der Waals surface area contributed by atoms with Crippen molar-refractivity contribution in [3.63, 3.8) is 0 Å². The maximum Gasteiger partial charge on any atom is 0.240 e.